The van der Waals surface area contributed by atoms with E-state index >= 15 is 0 Å². The van der Waals surface area contributed by atoms with Crippen molar-refractivity contribution in [2.24, 2.45) is 0 Å². The fourth-order valence-electron chi connectivity index (χ4n) is 3.43. The third-order valence-corrected chi connectivity index (χ3v) is 5.16. The zero-order valence-corrected chi connectivity index (χ0v) is 17.5. The molecule has 0 atom stereocenters. The Morgan fingerprint density at radius 3 is 1.56 bits per heavy atom. The molecule has 0 radical (unpaired) electrons. The van der Waals surface area contributed by atoms with Gasteiger partial charge in [-0.3, -0.25) is 4.79 Å². The number of carbonyl (C=O) groups excluding carboxylic acids is 1. The van der Waals surface area contributed by atoms with Crippen LogP contribution in [0.5, 0.6) is 5.75 Å². The average Bonchev–Trinajstić information content (AvgIpc) is 2.66. The van der Waals surface area contributed by atoms with E-state index in [0.29, 0.717) is 6.42 Å². The molecule has 0 aromatic heterocycles. The van der Waals surface area contributed by atoms with Gasteiger partial charge in [0.1, 0.15) is 5.75 Å². The first-order valence-corrected chi connectivity index (χ1v) is 11.3. The molecule has 3 nitrogen and oxygen atoms in total. The maximum Gasteiger partial charge on any atom is 0.224 e. The second kappa shape index (κ2) is 16.6. The minimum absolute atomic E-state index is 0.0652. The van der Waals surface area contributed by atoms with E-state index in [1.807, 2.05) is 0 Å². The molecule has 2 N–H and O–H groups in total. The van der Waals surface area contributed by atoms with Crippen molar-refractivity contribution in [3.8, 4) is 5.75 Å². The summed E-state index contributed by atoms with van der Waals surface area (Å²) in [6.45, 7) is 2.27. The molecule has 0 spiro atoms. The van der Waals surface area contributed by atoms with Gasteiger partial charge in [0.05, 0.1) is 0 Å². The van der Waals surface area contributed by atoms with Crippen molar-refractivity contribution in [3.63, 3.8) is 0 Å². The van der Waals surface area contributed by atoms with E-state index < -0.39 is 0 Å². The second-order valence-corrected chi connectivity index (χ2v) is 7.79. The van der Waals surface area contributed by atoms with Crippen molar-refractivity contribution < 1.29 is 9.90 Å². The molecule has 1 aromatic rings. The molecule has 0 fully saturated rings. The first-order valence-electron chi connectivity index (χ1n) is 11.3. The maximum absolute atomic E-state index is 11.9. The molecular formula is C24H41NO2. The van der Waals surface area contributed by atoms with Crippen LogP contribution in [0.25, 0.3) is 0 Å². The lowest BCUT2D eigenvalue weighted by atomic mass is 10.0. The Bertz CT molecular complexity index is 470. The van der Waals surface area contributed by atoms with Gasteiger partial charge in [-0.05, 0) is 30.7 Å². The van der Waals surface area contributed by atoms with Crippen molar-refractivity contribution in [3.05, 3.63) is 24.3 Å². The minimum Gasteiger partial charge on any atom is -0.508 e. The number of rotatable bonds is 17. The summed E-state index contributed by atoms with van der Waals surface area (Å²) in [6, 6.07) is 6.62. The fourth-order valence-corrected chi connectivity index (χ4v) is 3.43. The summed E-state index contributed by atoms with van der Waals surface area (Å²) in [5, 5.41) is 12.1. The third-order valence-electron chi connectivity index (χ3n) is 5.16. The summed E-state index contributed by atoms with van der Waals surface area (Å²) in [5.41, 5.74) is 0.749. The number of nitrogens with one attached hydrogen (secondary N) is 1. The average molecular weight is 376 g/mol. The zero-order valence-electron chi connectivity index (χ0n) is 17.5. The van der Waals surface area contributed by atoms with E-state index in [1.165, 1.54) is 83.5 Å². The van der Waals surface area contributed by atoms with Crippen LogP contribution in [0, 0.1) is 0 Å². The molecule has 0 heterocycles. The summed E-state index contributed by atoms with van der Waals surface area (Å²) < 4.78 is 0. The van der Waals surface area contributed by atoms with Crippen molar-refractivity contribution in [1.82, 2.24) is 0 Å². The van der Waals surface area contributed by atoms with E-state index in [0.717, 1.165) is 18.5 Å². The number of amides is 1. The highest BCUT2D eigenvalue weighted by atomic mass is 16.3. The number of aromatic hydroxyl groups is 1. The van der Waals surface area contributed by atoms with Crippen LogP contribution >= 0.6 is 0 Å². The van der Waals surface area contributed by atoms with Crippen LogP contribution in [0.3, 0.4) is 0 Å². The summed E-state index contributed by atoms with van der Waals surface area (Å²) in [7, 11) is 0. The van der Waals surface area contributed by atoms with Gasteiger partial charge >= 0.3 is 0 Å². The molecule has 0 bridgehead atoms. The molecule has 1 rings (SSSR count). The zero-order chi connectivity index (χ0) is 19.6. The first kappa shape index (κ1) is 23.5. The number of hydrogen-bond acceptors (Lipinski definition) is 2. The number of benzene rings is 1. The Morgan fingerprint density at radius 2 is 1.11 bits per heavy atom. The molecule has 0 saturated heterocycles. The van der Waals surface area contributed by atoms with Crippen molar-refractivity contribution >= 4 is 11.6 Å². The Labute approximate surface area is 167 Å². The topological polar surface area (TPSA) is 49.3 Å². The Morgan fingerprint density at radius 1 is 0.704 bits per heavy atom. The number of anilines is 1. The summed E-state index contributed by atoms with van der Waals surface area (Å²) in [5.74, 6) is 0.283. The monoisotopic (exact) mass is 375 g/mol. The summed E-state index contributed by atoms with van der Waals surface area (Å²) >= 11 is 0. The highest BCUT2D eigenvalue weighted by molar-refractivity contribution is 5.90. The smallest absolute Gasteiger partial charge is 0.224 e. The van der Waals surface area contributed by atoms with E-state index in [1.54, 1.807) is 24.3 Å². The number of phenolic OH excluding ortho intramolecular Hbond substituents is 1. The molecule has 154 valence electrons. The van der Waals surface area contributed by atoms with Crippen LogP contribution in [0.4, 0.5) is 5.69 Å². The van der Waals surface area contributed by atoms with Crippen molar-refractivity contribution in [2.45, 2.75) is 110 Å². The number of hydrogen-bond donors (Lipinski definition) is 2. The Balaban J connectivity index is 1.81. The van der Waals surface area contributed by atoms with Gasteiger partial charge in [-0.1, -0.05) is 96.8 Å². The highest BCUT2D eigenvalue weighted by Crippen LogP contribution is 2.15. The van der Waals surface area contributed by atoms with Crippen molar-refractivity contribution in [2.75, 3.05) is 5.32 Å². The van der Waals surface area contributed by atoms with Gasteiger partial charge in [0.2, 0.25) is 5.91 Å². The number of carbonyl (C=O) groups is 1. The highest BCUT2D eigenvalue weighted by Gasteiger charge is 2.02. The van der Waals surface area contributed by atoms with Crippen LogP contribution in [0.1, 0.15) is 110 Å². The normalized spacial score (nSPS) is 10.9. The van der Waals surface area contributed by atoms with E-state index in [-0.39, 0.29) is 11.7 Å². The fraction of sp³-hybridized carbons (Fsp3) is 0.708. The second-order valence-electron chi connectivity index (χ2n) is 7.79. The van der Waals surface area contributed by atoms with Gasteiger partial charge in [0, 0.05) is 12.1 Å². The Kier molecular flexibility index (Phi) is 14.5. The molecule has 0 aliphatic heterocycles. The largest absolute Gasteiger partial charge is 0.508 e. The van der Waals surface area contributed by atoms with Crippen LogP contribution in [0.15, 0.2) is 24.3 Å². The minimum atomic E-state index is 0.0652. The molecular weight excluding hydrogens is 334 g/mol. The third kappa shape index (κ3) is 14.2. The maximum atomic E-state index is 11.9. The van der Waals surface area contributed by atoms with Crippen LogP contribution in [0.2, 0.25) is 0 Å². The lowest BCUT2D eigenvalue weighted by Gasteiger charge is -2.05. The molecule has 1 amide bonds. The van der Waals surface area contributed by atoms with Gasteiger partial charge in [-0.2, -0.15) is 0 Å². The molecule has 27 heavy (non-hydrogen) atoms. The lowest BCUT2D eigenvalue weighted by Crippen LogP contribution is -2.10. The molecule has 0 saturated carbocycles. The standard InChI is InChI=1S/C24H41NO2/c1-2-3-4-5-6-7-8-9-10-11-12-13-14-15-16-17-24(27)25-22-18-20-23(26)21-19-22/h18-21,26H,2-17H2,1H3,(H,25,27). The number of phenols is 1. The molecule has 3 heteroatoms. The Hall–Kier alpha value is -1.51. The van der Waals surface area contributed by atoms with Crippen molar-refractivity contribution in [1.29, 1.82) is 0 Å². The molecule has 0 aliphatic rings. The molecule has 0 aliphatic carbocycles. The van der Waals surface area contributed by atoms with E-state index in [9.17, 15) is 9.90 Å². The SMILES string of the molecule is CCCCCCCCCCCCCCCCCC(=O)Nc1ccc(O)cc1. The van der Waals surface area contributed by atoms with Crippen LogP contribution in [-0.2, 0) is 4.79 Å². The molecule has 0 unspecified atom stereocenters. The lowest BCUT2D eigenvalue weighted by molar-refractivity contribution is -0.116. The van der Waals surface area contributed by atoms with Crippen LogP contribution in [-0.4, -0.2) is 11.0 Å². The number of unbranched alkanes of at least 4 members (excludes halogenated alkanes) is 14. The predicted molar refractivity (Wildman–Crippen MR) is 116 cm³/mol. The quantitative estimate of drug-likeness (QED) is 0.217. The van der Waals surface area contributed by atoms with E-state index in [2.05, 4.69) is 12.2 Å². The van der Waals surface area contributed by atoms with E-state index in [4.69, 9.17) is 0 Å². The van der Waals surface area contributed by atoms with Gasteiger partial charge in [0.25, 0.3) is 0 Å². The van der Waals surface area contributed by atoms with Gasteiger partial charge in [-0.25, -0.2) is 0 Å². The summed E-state index contributed by atoms with van der Waals surface area (Å²) in [6.07, 6.45) is 20.6. The predicted octanol–water partition coefficient (Wildman–Crippen LogP) is 7.59. The van der Waals surface area contributed by atoms with Crippen LogP contribution < -0.4 is 5.32 Å². The van der Waals surface area contributed by atoms with Gasteiger partial charge < -0.3 is 10.4 Å². The summed E-state index contributed by atoms with van der Waals surface area (Å²) in [4.78, 5) is 11.9. The molecule has 1 aromatic carbocycles. The first-order chi connectivity index (χ1) is 13.2. The van der Waals surface area contributed by atoms with Gasteiger partial charge in [-0.15, -0.1) is 0 Å². The van der Waals surface area contributed by atoms with Gasteiger partial charge in [0.15, 0.2) is 0 Å².